The first-order valence-electron chi connectivity index (χ1n) is 15.3. The summed E-state index contributed by atoms with van der Waals surface area (Å²) in [5.74, 6) is -0.528. The molecule has 4 unspecified atom stereocenters. The summed E-state index contributed by atoms with van der Waals surface area (Å²) in [6.45, 7) is 5.47. The highest BCUT2D eigenvalue weighted by atomic mass is 32.2. The lowest BCUT2D eigenvalue weighted by Gasteiger charge is -2.33. The second-order valence-electron chi connectivity index (χ2n) is 11.1. The fourth-order valence-electron chi connectivity index (χ4n) is 5.02. The Morgan fingerprint density at radius 3 is 1.35 bits per heavy atom. The summed E-state index contributed by atoms with van der Waals surface area (Å²) in [5.41, 5.74) is -0.141. The number of hydrogen-bond acceptors (Lipinski definition) is 10. The molecule has 0 amide bonds. The van der Waals surface area contributed by atoms with Gasteiger partial charge in [0.25, 0.3) is 20.2 Å². The molecule has 2 N–H and O–H groups in total. The number of carbonyl (C=O) groups is 2. The van der Waals surface area contributed by atoms with Gasteiger partial charge in [0.1, 0.15) is 23.7 Å². The third-order valence-corrected chi connectivity index (χ3v) is 9.94. The van der Waals surface area contributed by atoms with E-state index in [2.05, 4.69) is 16.2 Å². The zero-order chi connectivity index (χ0) is 34.3. The van der Waals surface area contributed by atoms with E-state index in [9.17, 15) is 26.4 Å². The van der Waals surface area contributed by atoms with Gasteiger partial charge in [0, 0.05) is 5.92 Å². The van der Waals surface area contributed by atoms with E-state index >= 15 is 0 Å². The molecule has 0 aliphatic heterocycles. The third-order valence-electron chi connectivity index (χ3n) is 7.43. The highest BCUT2D eigenvalue weighted by Gasteiger charge is 2.35. The Labute approximate surface area is 274 Å². The van der Waals surface area contributed by atoms with Gasteiger partial charge in [-0.05, 0) is 74.5 Å². The van der Waals surface area contributed by atoms with E-state index in [1.54, 1.807) is 13.8 Å². The standard InChI is InChI=1S/C31H45O12PS2/c1-4-5-6-7-8-9-10-11-12-13-28(44)29(22(2)40-30(32)42-24-14-18-26(19-15-24)45(34,35)36)23(3)41-31(33)43-25-16-20-27(21-17-25)46(37,38)39/h14-23,28-29H,4-13,44H2,1-3H3,(H,34,35,36)(H,37,38,39). The van der Waals surface area contributed by atoms with Crippen LogP contribution in [0.5, 0.6) is 11.5 Å². The topological polar surface area (TPSA) is 180 Å². The minimum Gasteiger partial charge on any atom is -0.430 e. The Morgan fingerprint density at radius 2 is 1.00 bits per heavy atom. The predicted molar refractivity (Wildman–Crippen MR) is 174 cm³/mol. The van der Waals surface area contributed by atoms with Crippen LogP contribution in [0.1, 0.15) is 85.0 Å². The van der Waals surface area contributed by atoms with Crippen molar-refractivity contribution >= 4 is 41.8 Å². The van der Waals surface area contributed by atoms with Crippen LogP contribution < -0.4 is 9.47 Å². The van der Waals surface area contributed by atoms with E-state index in [4.69, 9.17) is 28.1 Å². The lowest BCUT2D eigenvalue weighted by atomic mass is 9.90. The molecule has 2 aromatic rings. The van der Waals surface area contributed by atoms with Gasteiger partial charge in [-0.25, -0.2) is 9.59 Å². The summed E-state index contributed by atoms with van der Waals surface area (Å²) in [7, 11) is -6.08. The van der Waals surface area contributed by atoms with Crippen molar-refractivity contribution < 1.29 is 54.5 Å². The van der Waals surface area contributed by atoms with Crippen molar-refractivity contribution in [3.8, 4) is 11.5 Å². The summed E-state index contributed by atoms with van der Waals surface area (Å²) in [4.78, 5) is 24.5. The van der Waals surface area contributed by atoms with Crippen molar-refractivity contribution in [3.63, 3.8) is 0 Å². The summed E-state index contributed by atoms with van der Waals surface area (Å²) in [5, 5.41) is 0. The van der Waals surface area contributed by atoms with Gasteiger partial charge in [-0.1, -0.05) is 64.7 Å². The molecule has 0 saturated carbocycles. The van der Waals surface area contributed by atoms with Gasteiger partial charge in [0.15, 0.2) is 0 Å². The molecule has 15 heteroatoms. The maximum Gasteiger partial charge on any atom is 0.514 e. The van der Waals surface area contributed by atoms with Gasteiger partial charge in [0.2, 0.25) is 0 Å². The van der Waals surface area contributed by atoms with E-state index in [1.807, 2.05) is 0 Å². The molecule has 4 atom stereocenters. The first-order chi connectivity index (χ1) is 21.6. The molecule has 46 heavy (non-hydrogen) atoms. The summed E-state index contributed by atoms with van der Waals surface area (Å²) in [6, 6.07) is 9.08. The van der Waals surface area contributed by atoms with E-state index in [0.29, 0.717) is 0 Å². The molecule has 258 valence electrons. The summed E-state index contributed by atoms with van der Waals surface area (Å²) >= 11 is 0. The minimum atomic E-state index is -4.41. The number of carbonyl (C=O) groups excluding carboxylic acids is 2. The third kappa shape index (κ3) is 14.3. The van der Waals surface area contributed by atoms with Crippen LogP contribution >= 0.6 is 9.24 Å². The van der Waals surface area contributed by atoms with Crippen LogP contribution in [0.3, 0.4) is 0 Å². The largest absolute Gasteiger partial charge is 0.514 e. The molecule has 0 radical (unpaired) electrons. The normalized spacial score (nSPS) is 14.5. The number of rotatable bonds is 19. The van der Waals surface area contributed by atoms with Gasteiger partial charge in [0.05, 0.1) is 9.79 Å². The molecule has 0 heterocycles. The van der Waals surface area contributed by atoms with E-state index in [0.717, 1.165) is 49.9 Å². The van der Waals surface area contributed by atoms with Crippen molar-refractivity contribution in [2.75, 3.05) is 0 Å². The average Bonchev–Trinajstić information content (AvgIpc) is 2.95. The lowest BCUT2D eigenvalue weighted by molar-refractivity contribution is -0.0206. The van der Waals surface area contributed by atoms with Crippen molar-refractivity contribution in [2.45, 2.75) is 113 Å². The van der Waals surface area contributed by atoms with Crippen molar-refractivity contribution in [1.82, 2.24) is 0 Å². The molecular formula is C31H45O12PS2. The second kappa shape index (κ2) is 19.1. The van der Waals surface area contributed by atoms with Crippen LogP contribution in [0.15, 0.2) is 58.3 Å². The van der Waals surface area contributed by atoms with Crippen LogP contribution in [-0.4, -0.2) is 56.1 Å². The van der Waals surface area contributed by atoms with E-state index in [1.165, 1.54) is 62.8 Å². The Balaban J connectivity index is 2.04. The predicted octanol–water partition coefficient (Wildman–Crippen LogP) is 7.47. The van der Waals surface area contributed by atoms with Gasteiger partial charge in [-0.2, -0.15) is 16.8 Å². The molecule has 0 aliphatic carbocycles. The summed E-state index contributed by atoms with van der Waals surface area (Å²) < 4.78 is 84.8. The van der Waals surface area contributed by atoms with Gasteiger partial charge in [-0.15, -0.1) is 9.24 Å². The molecule has 2 rings (SSSR count). The minimum absolute atomic E-state index is 0.00818. The van der Waals surface area contributed by atoms with Crippen molar-refractivity contribution in [2.24, 2.45) is 5.92 Å². The number of ether oxygens (including phenoxy) is 4. The maximum atomic E-state index is 12.6. The highest BCUT2D eigenvalue weighted by Crippen LogP contribution is 2.30. The quantitative estimate of drug-likeness (QED) is 0.0485. The van der Waals surface area contributed by atoms with Crippen molar-refractivity contribution in [1.29, 1.82) is 0 Å². The number of unbranched alkanes of at least 4 members (excludes halogenated alkanes) is 8. The highest BCUT2D eigenvalue weighted by molar-refractivity contribution is 7.86. The SMILES string of the molecule is CCCCCCCCCCCC(P)C(C(C)OC(=O)Oc1ccc(S(=O)(=O)O)cc1)C(C)OC(=O)Oc1ccc(S(=O)(=O)O)cc1. The molecule has 0 fully saturated rings. The second-order valence-corrected chi connectivity index (χ2v) is 14.8. The van der Waals surface area contributed by atoms with Crippen LogP contribution in [0.2, 0.25) is 0 Å². The molecule has 0 bridgehead atoms. The monoisotopic (exact) mass is 704 g/mol. The number of benzene rings is 2. The molecule has 0 aliphatic rings. The van der Waals surface area contributed by atoms with Crippen LogP contribution in [0.25, 0.3) is 0 Å². The summed E-state index contributed by atoms with van der Waals surface area (Å²) in [6.07, 6.45) is 7.42. The molecule has 2 aromatic carbocycles. The zero-order valence-electron chi connectivity index (χ0n) is 26.4. The smallest absolute Gasteiger partial charge is 0.430 e. The Hall–Kier alpha value is -2.77. The van der Waals surface area contributed by atoms with Crippen LogP contribution in [0, 0.1) is 5.92 Å². The van der Waals surface area contributed by atoms with Crippen LogP contribution in [-0.2, 0) is 29.7 Å². The van der Waals surface area contributed by atoms with Gasteiger partial charge >= 0.3 is 12.3 Å². The average molecular weight is 705 g/mol. The fraction of sp³-hybridized carbons (Fsp3) is 0.548. The van der Waals surface area contributed by atoms with Gasteiger partial charge in [-0.3, -0.25) is 9.11 Å². The molecule has 0 spiro atoms. The van der Waals surface area contributed by atoms with E-state index < -0.39 is 50.7 Å². The molecular weight excluding hydrogens is 659 g/mol. The first-order valence-corrected chi connectivity index (χ1v) is 18.8. The van der Waals surface area contributed by atoms with Crippen molar-refractivity contribution in [3.05, 3.63) is 48.5 Å². The maximum absolute atomic E-state index is 12.6. The fourth-order valence-corrected chi connectivity index (χ4v) is 6.84. The Kier molecular flexibility index (Phi) is 16.4. The van der Waals surface area contributed by atoms with E-state index in [-0.39, 0.29) is 26.9 Å². The molecule has 0 saturated heterocycles. The molecule has 12 nitrogen and oxygen atoms in total. The Bertz CT molecular complexity index is 1350. The first kappa shape index (κ1) is 39.4. The molecule has 0 aromatic heterocycles. The lowest BCUT2D eigenvalue weighted by Crippen LogP contribution is -2.41. The zero-order valence-corrected chi connectivity index (χ0v) is 29.2. The van der Waals surface area contributed by atoms with Gasteiger partial charge < -0.3 is 18.9 Å². The number of hydrogen-bond donors (Lipinski definition) is 2. The van der Waals surface area contributed by atoms with Crippen LogP contribution in [0.4, 0.5) is 9.59 Å². The Morgan fingerprint density at radius 1 is 0.652 bits per heavy atom.